The predicted molar refractivity (Wildman–Crippen MR) is 103 cm³/mol. The molecular weight excluding hydrogens is 366 g/mol. The molecule has 0 saturated carbocycles. The molecule has 146 valence electrons. The highest BCUT2D eigenvalue weighted by molar-refractivity contribution is 6.30. The molecule has 27 heavy (non-hydrogen) atoms. The largest absolute Gasteiger partial charge is 0.341 e. The Hall–Kier alpha value is -2.08. The molecule has 0 bridgehead atoms. The van der Waals surface area contributed by atoms with Crippen LogP contribution in [0.2, 0.25) is 5.02 Å². The highest BCUT2D eigenvalue weighted by Gasteiger charge is 2.51. The normalized spacial score (nSPS) is 28.4. The minimum absolute atomic E-state index is 0.181. The van der Waals surface area contributed by atoms with E-state index in [2.05, 4.69) is 19.2 Å². The molecule has 1 aromatic rings. The van der Waals surface area contributed by atoms with E-state index in [1.165, 1.54) is 0 Å². The van der Waals surface area contributed by atoms with Gasteiger partial charge in [0.1, 0.15) is 12.1 Å². The van der Waals surface area contributed by atoms with E-state index in [1.807, 2.05) is 6.92 Å². The lowest BCUT2D eigenvalue weighted by Crippen LogP contribution is -2.49. The summed E-state index contributed by atoms with van der Waals surface area (Å²) in [6.07, 6.45) is 1.48. The first kappa shape index (κ1) is 19.7. The number of carbonyl (C=O) groups is 3. The van der Waals surface area contributed by atoms with Crippen molar-refractivity contribution >= 4 is 29.4 Å². The number of nitrogens with zero attached hydrogens (tertiary/aromatic N) is 2. The average Bonchev–Trinajstić information content (AvgIpc) is 2.86. The minimum atomic E-state index is -1.15. The molecule has 0 spiro atoms. The number of hydrogen-bond acceptors (Lipinski definition) is 3. The van der Waals surface area contributed by atoms with Crippen LogP contribution >= 0.6 is 11.6 Å². The second kappa shape index (κ2) is 7.50. The summed E-state index contributed by atoms with van der Waals surface area (Å²) in [5, 5.41) is 3.36. The van der Waals surface area contributed by atoms with Gasteiger partial charge in [0.25, 0.3) is 5.91 Å². The minimum Gasteiger partial charge on any atom is -0.341 e. The number of nitrogens with one attached hydrogen (secondary N) is 1. The summed E-state index contributed by atoms with van der Waals surface area (Å²) in [5.74, 6) is 0.276. The number of halogens is 1. The Morgan fingerprint density at radius 3 is 2.33 bits per heavy atom. The lowest BCUT2D eigenvalue weighted by molar-refractivity contribution is -0.140. The molecule has 4 amide bonds. The van der Waals surface area contributed by atoms with Crippen LogP contribution in [0.25, 0.3) is 0 Å². The van der Waals surface area contributed by atoms with Crippen molar-refractivity contribution in [2.75, 3.05) is 19.6 Å². The summed E-state index contributed by atoms with van der Waals surface area (Å²) in [4.78, 5) is 41.3. The highest BCUT2D eigenvalue weighted by atomic mass is 35.5. The zero-order chi connectivity index (χ0) is 19.8. The third-order valence-electron chi connectivity index (χ3n) is 5.56. The molecule has 0 aromatic heterocycles. The number of carbonyl (C=O) groups excluding carboxylic acids is 3. The summed E-state index contributed by atoms with van der Waals surface area (Å²) in [7, 11) is 0. The second-order valence-corrected chi connectivity index (χ2v) is 8.27. The predicted octanol–water partition coefficient (Wildman–Crippen LogP) is 3.00. The van der Waals surface area contributed by atoms with E-state index in [0.717, 1.165) is 11.3 Å². The van der Waals surface area contributed by atoms with Crippen LogP contribution in [0.15, 0.2) is 24.3 Å². The molecule has 2 saturated heterocycles. The lowest BCUT2D eigenvalue weighted by Gasteiger charge is -2.35. The van der Waals surface area contributed by atoms with E-state index < -0.39 is 11.6 Å². The van der Waals surface area contributed by atoms with Crippen molar-refractivity contribution in [1.29, 1.82) is 0 Å². The number of piperidine rings is 1. The van der Waals surface area contributed by atoms with Crippen molar-refractivity contribution in [3.63, 3.8) is 0 Å². The van der Waals surface area contributed by atoms with Gasteiger partial charge in [-0.15, -0.1) is 0 Å². The van der Waals surface area contributed by atoms with Gasteiger partial charge in [-0.25, -0.2) is 4.79 Å². The van der Waals surface area contributed by atoms with Gasteiger partial charge in [-0.2, -0.15) is 0 Å². The molecule has 2 heterocycles. The van der Waals surface area contributed by atoms with Gasteiger partial charge in [-0.3, -0.25) is 14.5 Å². The number of amides is 4. The van der Waals surface area contributed by atoms with Gasteiger partial charge in [0, 0.05) is 18.1 Å². The first-order chi connectivity index (χ1) is 12.8. The molecule has 2 aliphatic heterocycles. The Morgan fingerprint density at radius 1 is 1.19 bits per heavy atom. The smallest absolute Gasteiger partial charge is 0.325 e. The SMILES string of the molecule is CCC1(c2ccc(Cl)cc2)NC(=O)N(CC(=O)N2CC(C)CC(C)C2)C1=O. The second-order valence-electron chi connectivity index (χ2n) is 7.83. The zero-order valence-corrected chi connectivity index (χ0v) is 16.8. The van der Waals surface area contributed by atoms with Crippen LogP contribution in [-0.2, 0) is 15.1 Å². The van der Waals surface area contributed by atoms with Crippen molar-refractivity contribution < 1.29 is 14.4 Å². The molecule has 3 unspecified atom stereocenters. The summed E-state index contributed by atoms with van der Waals surface area (Å²) in [5.41, 5.74) is -0.479. The number of rotatable bonds is 4. The van der Waals surface area contributed by atoms with E-state index in [9.17, 15) is 14.4 Å². The van der Waals surface area contributed by atoms with Crippen molar-refractivity contribution in [2.45, 2.75) is 39.2 Å². The standard InChI is InChI=1S/C20H26ClN3O3/c1-4-20(15-5-7-16(21)8-6-15)18(26)24(19(27)22-20)12-17(25)23-10-13(2)9-14(3)11-23/h5-8,13-14H,4,9-12H2,1-3H3,(H,22,27). The maximum absolute atomic E-state index is 13.1. The molecule has 1 aromatic carbocycles. The average molecular weight is 392 g/mol. The van der Waals surface area contributed by atoms with Gasteiger partial charge < -0.3 is 10.2 Å². The lowest BCUT2D eigenvalue weighted by atomic mass is 9.87. The Labute approximate surface area is 164 Å². The molecular formula is C20H26ClN3O3. The number of imide groups is 1. The fourth-order valence-electron chi connectivity index (χ4n) is 4.25. The van der Waals surface area contributed by atoms with Gasteiger partial charge in [-0.1, -0.05) is 44.5 Å². The van der Waals surface area contributed by atoms with Crippen LogP contribution in [0.4, 0.5) is 4.79 Å². The Bertz CT molecular complexity index is 741. The van der Waals surface area contributed by atoms with E-state index in [-0.39, 0.29) is 18.4 Å². The number of likely N-dealkylation sites (tertiary alicyclic amines) is 1. The molecule has 0 aliphatic carbocycles. The number of urea groups is 1. The Balaban J connectivity index is 1.79. The van der Waals surface area contributed by atoms with E-state index in [0.29, 0.717) is 41.9 Å². The third-order valence-corrected chi connectivity index (χ3v) is 5.81. The van der Waals surface area contributed by atoms with Gasteiger partial charge >= 0.3 is 6.03 Å². The Morgan fingerprint density at radius 2 is 1.78 bits per heavy atom. The van der Waals surface area contributed by atoms with Crippen molar-refractivity contribution in [3.8, 4) is 0 Å². The number of hydrogen-bond donors (Lipinski definition) is 1. The van der Waals surface area contributed by atoms with E-state index in [1.54, 1.807) is 29.2 Å². The molecule has 7 heteroatoms. The Kier molecular flexibility index (Phi) is 5.47. The zero-order valence-electron chi connectivity index (χ0n) is 16.0. The quantitative estimate of drug-likeness (QED) is 0.802. The van der Waals surface area contributed by atoms with Crippen molar-refractivity contribution in [3.05, 3.63) is 34.9 Å². The van der Waals surface area contributed by atoms with Crippen LogP contribution in [0.5, 0.6) is 0 Å². The van der Waals surface area contributed by atoms with E-state index >= 15 is 0 Å². The van der Waals surface area contributed by atoms with Gasteiger partial charge in [0.05, 0.1) is 0 Å². The van der Waals surface area contributed by atoms with Crippen LogP contribution in [-0.4, -0.2) is 47.3 Å². The first-order valence-corrected chi connectivity index (χ1v) is 9.82. The van der Waals surface area contributed by atoms with Gasteiger partial charge in [0.2, 0.25) is 5.91 Å². The molecule has 0 radical (unpaired) electrons. The van der Waals surface area contributed by atoms with Crippen LogP contribution < -0.4 is 5.32 Å². The topological polar surface area (TPSA) is 69.7 Å². The maximum atomic E-state index is 13.1. The molecule has 1 N–H and O–H groups in total. The number of benzene rings is 1. The fourth-order valence-corrected chi connectivity index (χ4v) is 4.37. The van der Waals surface area contributed by atoms with Crippen LogP contribution in [0.3, 0.4) is 0 Å². The van der Waals surface area contributed by atoms with Crippen LogP contribution in [0.1, 0.15) is 39.2 Å². The third kappa shape index (κ3) is 3.68. The first-order valence-electron chi connectivity index (χ1n) is 9.44. The molecule has 2 fully saturated rings. The summed E-state index contributed by atoms with van der Waals surface area (Å²) >= 11 is 5.95. The summed E-state index contributed by atoms with van der Waals surface area (Å²) < 4.78 is 0. The molecule has 3 rings (SSSR count). The van der Waals surface area contributed by atoms with Gasteiger partial charge in [-0.05, 0) is 42.4 Å². The highest BCUT2D eigenvalue weighted by Crippen LogP contribution is 2.33. The van der Waals surface area contributed by atoms with E-state index in [4.69, 9.17) is 11.6 Å². The molecule has 6 nitrogen and oxygen atoms in total. The maximum Gasteiger partial charge on any atom is 0.325 e. The molecule has 2 aliphatic rings. The van der Waals surface area contributed by atoms with Crippen molar-refractivity contribution in [1.82, 2.24) is 15.1 Å². The van der Waals surface area contributed by atoms with Crippen LogP contribution in [0, 0.1) is 11.8 Å². The fraction of sp³-hybridized carbons (Fsp3) is 0.550. The monoisotopic (exact) mass is 391 g/mol. The van der Waals surface area contributed by atoms with Gasteiger partial charge in [0.15, 0.2) is 0 Å². The van der Waals surface area contributed by atoms with Crippen molar-refractivity contribution in [2.24, 2.45) is 11.8 Å². The summed E-state index contributed by atoms with van der Waals surface area (Å²) in [6.45, 7) is 7.19. The molecule has 3 atom stereocenters. The summed E-state index contributed by atoms with van der Waals surface area (Å²) in [6, 6.07) is 6.34.